The second-order valence-electron chi connectivity index (χ2n) is 7.13. The molecule has 28 heavy (non-hydrogen) atoms. The van der Waals surface area contributed by atoms with Crippen LogP contribution >= 0.6 is 0 Å². The number of rotatable bonds is 7. The number of carbonyl (C=O) groups is 1. The quantitative estimate of drug-likeness (QED) is 0.562. The monoisotopic (exact) mass is 372 g/mol. The highest BCUT2D eigenvalue weighted by atomic mass is 16.3. The van der Waals surface area contributed by atoms with Crippen molar-refractivity contribution >= 4 is 11.6 Å². The van der Waals surface area contributed by atoms with Gasteiger partial charge in [-0.3, -0.25) is 4.79 Å². The van der Waals surface area contributed by atoms with Crippen LogP contribution in [0, 0.1) is 0 Å². The number of carbonyl (C=O) groups excluding carboxylic acids is 1. The van der Waals surface area contributed by atoms with E-state index in [9.17, 15) is 9.90 Å². The number of unbranched alkanes of at least 4 members (excludes halogenated alkanes) is 3. The van der Waals surface area contributed by atoms with E-state index in [0.717, 1.165) is 42.5 Å². The zero-order valence-corrected chi connectivity index (χ0v) is 16.1. The fourth-order valence-corrected chi connectivity index (χ4v) is 3.87. The Morgan fingerprint density at radius 1 is 0.857 bits per heavy atom. The Bertz CT molecular complexity index is 1020. The van der Waals surface area contributed by atoms with E-state index in [1.807, 2.05) is 65.2 Å². The first-order valence-electron chi connectivity index (χ1n) is 9.92. The van der Waals surface area contributed by atoms with Crippen molar-refractivity contribution in [3.63, 3.8) is 0 Å². The van der Waals surface area contributed by atoms with Gasteiger partial charge < -0.3 is 9.67 Å². The number of hydrogen-bond acceptors (Lipinski definition) is 2. The van der Waals surface area contributed by atoms with Gasteiger partial charge in [0.25, 0.3) is 5.91 Å². The second kappa shape index (κ2) is 7.85. The van der Waals surface area contributed by atoms with Crippen LogP contribution in [-0.4, -0.2) is 21.3 Å². The first kappa shape index (κ1) is 18.2. The van der Waals surface area contributed by atoms with Crippen molar-refractivity contribution in [2.24, 2.45) is 4.99 Å². The Balaban J connectivity index is 1.85. The van der Waals surface area contributed by atoms with E-state index in [0.29, 0.717) is 23.4 Å². The molecule has 0 saturated heterocycles. The van der Waals surface area contributed by atoms with Crippen molar-refractivity contribution in [3.05, 3.63) is 77.4 Å². The largest absolute Gasteiger partial charge is 0.494 e. The molecule has 4 nitrogen and oxygen atoms in total. The van der Waals surface area contributed by atoms with Crippen molar-refractivity contribution in [2.45, 2.75) is 39.2 Å². The summed E-state index contributed by atoms with van der Waals surface area (Å²) in [7, 11) is 0. The molecular formula is C24H24N2O2. The van der Waals surface area contributed by atoms with Gasteiger partial charge >= 0.3 is 0 Å². The van der Waals surface area contributed by atoms with Gasteiger partial charge in [0.1, 0.15) is 0 Å². The standard InChI is InChI=1S/C24H24N2O2/c1-2-3-4-11-16-26-22(18-14-9-6-10-15-18)20-19(24(26)28)21(25-23(20)27)17-12-7-5-8-13-17/h5-10,12-15,28H,2-4,11,16H2,1H3. The lowest BCUT2D eigenvalue weighted by atomic mass is 10.0. The van der Waals surface area contributed by atoms with E-state index >= 15 is 0 Å². The molecule has 4 heteroatoms. The number of aromatic hydroxyl groups is 1. The maximum Gasteiger partial charge on any atom is 0.280 e. The molecule has 142 valence electrons. The summed E-state index contributed by atoms with van der Waals surface area (Å²) in [5.74, 6) is -0.144. The van der Waals surface area contributed by atoms with Crippen LogP contribution < -0.4 is 0 Å². The summed E-state index contributed by atoms with van der Waals surface area (Å²) in [5, 5.41) is 11.1. The maximum atomic E-state index is 12.9. The minimum Gasteiger partial charge on any atom is -0.494 e. The predicted molar refractivity (Wildman–Crippen MR) is 112 cm³/mol. The summed E-state index contributed by atoms with van der Waals surface area (Å²) in [6.07, 6.45) is 4.38. The van der Waals surface area contributed by atoms with Crippen molar-refractivity contribution in [1.82, 2.24) is 4.57 Å². The second-order valence-corrected chi connectivity index (χ2v) is 7.13. The van der Waals surface area contributed by atoms with Crippen LogP contribution in [-0.2, 0) is 6.54 Å². The number of aromatic nitrogens is 1. The third kappa shape index (κ3) is 3.15. The molecule has 0 spiro atoms. The fraction of sp³-hybridized carbons (Fsp3) is 0.250. The van der Waals surface area contributed by atoms with Gasteiger partial charge in [-0.25, -0.2) is 4.99 Å². The van der Waals surface area contributed by atoms with Crippen LogP contribution in [0.25, 0.3) is 11.3 Å². The van der Waals surface area contributed by atoms with Gasteiger partial charge in [-0.05, 0) is 12.0 Å². The summed E-state index contributed by atoms with van der Waals surface area (Å²) in [6.45, 7) is 2.86. The molecule has 1 aliphatic rings. The Hall–Kier alpha value is -3.14. The number of hydrogen-bond donors (Lipinski definition) is 1. The highest BCUT2D eigenvalue weighted by molar-refractivity contribution is 6.30. The summed E-state index contributed by atoms with van der Waals surface area (Å²) >= 11 is 0. The fourth-order valence-electron chi connectivity index (χ4n) is 3.87. The van der Waals surface area contributed by atoms with E-state index in [4.69, 9.17) is 0 Å². The molecule has 0 aliphatic carbocycles. The van der Waals surface area contributed by atoms with Crippen molar-refractivity contribution in [2.75, 3.05) is 0 Å². The van der Waals surface area contributed by atoms with E-state index in [2.05, 4.69) is 11.9 Å². The van der Waals surface area contributed by atoms with Gasteiger partial charge in [0, 0.05) is 12.1 Å². The normalized spacial score (nSPS) is 12.9. The number of benzene rings is 2. The van der Waals surface area contributed by atoms with Gasteiger partial charge in [-0.1, -0.05) is 86.8 Å². The average Bonchev–Trinajstić information content (AvgIpc) is 3.22. The molecule has 2 heterocycles. The summed E-state index contributed by atoms with van der Waals surface area (Å²) in [4.78, 5) is 17.2. The predicted octanol–water partition coefficient (Wildman–Crippen LogP) is 5.43. The molecule has 0 unspecified atom stereocenters. The van der Waals surface area contributed by atoms with Gasteiger partial charge in [-0.15, -0.1) is 0 Å². The van der Waals surface area contributed by atoms with Crippen LogP contribution in [0.5, 0.6) is 5.88 Å². The lowest BCUT2D eigenvalue weighted by molar-refractivity contribution is 0.101. The summed E-state index contributed by atoms with van der Waals surface area (Å²) < 4.78 is 1.89. The molecule has 0 radical (unpaired) electrons. The van der Waals surface area contributed by atoms with Crippen LogP contribution in [0.3, 0.4) is 0 Å². The van der Waals surface area contributed by atoms with Crippen LogP contribution in [0.15, 0.2) is 65.7 Å². The molecule has 1 aromatic heterocycles. The van der Waals surface area contributed by atoms with Crippen molar-refractivity contribution < 1.29 is 9.90 Å². The van der Waals surface area contributed by atoms with Gasteiger partial charge in [0.15, 0.2) is 0 Å². The van der Waals surface area contributed by atoms with Gasteiger partial charge in [0.05, 0.1) is 22.5 Å². The molecule has 3 aromatic rings. The molecule has 0 saturated carbocycles. The first-order chi connectivity index (χ1) is 13.7. The SMILES string of the molecule is CCCCCCn1c(O)c2c(c1-c1ccccc1)C(=O)N=C2c1ccccc1. The molecule has 4 rings (SSSR count). The Morgan fingerprint density at radius 2 is 1.50 bits per heavy atom. The number of aliphatic imine (C=N–C) groups is 1. The molecule has 1 aliphatic heterocycles. The Kier molecular flexibility index (Phi) is 5.11. The van der Waals surface area contributed by atoms with E-state index < -0.39 is 0 Å². The van der Waals surface area contributed by atoms with Gasteiger partial charge in [-0.2, -0.15) is 0 Å². The highest BCUT2D eigenvalue weighted by Gasteiger charge is 2.35. The van der Waals surface area contributed by atoms with E-state index in [1.165, 1.54) is 0 Å². The first-order valence-corrected chi connectivity index (χ1v) is 9.92. The number of nitrogens with zero attached hydrogens (tertiary/aromatic N) is 2. The zero-order valence-electron chi connectivity index (χ0n) is 16.1. The summed E-state index contributed by atoms with van der Waals surface area (Å²) in [5.41, 5.74) is 4.16. The molecule has 0 atom stereocenters. The minimum absolute atomic E-state index is 0.138. The molecular weight excluding hydrogens is 348 g/mol. The molecule has 0 bridgehead atoms. The Labute approximate surface area is 165 Å². The van der Waals surface area contributed by atoms with Crippen LogP contribution in [0.1, 0.15) is 54.1 Å². The number of amides is 1. The van der Waals surface area contributed by atoms with Crippen molar-refractivity contribution in [1.29, 1.82) is 0 Å². The third-order valence-corrected chi connectivity index (χ3v) is 5.23. The number of fused-ring (bicyclic) bond motifs is 1. The minimum atomic E-state index is -0.282. The molecule has 1 N–H and O–H groups in total. The van der Waals surface area contributed by atoms with Gasteiger partial charge in [0.2, 0.25) is 5.88 Å². The van der Waals surface area contributed by atoms with Crippen molar-refractivity contribution in [3.8, 4) is 17.1 Å². The lowest BCUT2D eigenvalue weighted by Crippen LogP contribution is -2.04. The van der Waals surface area contributed by atoms with E-state index in [1.54, 1.807) is 0 Å². The highest BCUT2D eigenvalue weighted by Crippen LogP contribution is 2.41. The van der Waals surface area contributed by atoms with E-state index in [-0.39, 0.29) is 11.8 Å². The molecule has 1 amide bonds. The summed E-state index contributed by atoms with van der Waals surface area (Å²) in [6, 6.07) is 19.4. The lowest BCUT2D eigenvalue weighted by Gasteiger charge is -2.12. The average molecular weight is 372 g/mol. The van der Waals surface area contributed by atoms with Crippen LogP contribution in [0.4, 0.5) is 0 Å². The topological polar surface area (TPSA) is 54.6 Å². The maximum absolute atomic E-state index is 12.9. The molecule has 0 fully saturated rings. The molecule has 2 aromatic carbocycles. The Morgan fingerprint density at radius 3 is 2.14 bits per heavy atom. The smallest absolute Gasteiger partial charge is 0.280 e. The zero-order chi connectivity index (χ0) is 19.5. The third-order valence-electron chi connectivity index (χ3n) is 5.23. The van der Waals surface area contributed by atoms with Crippen LogP contribution in [0.2, 0.25) is 0 Å².